The number of hydrogen-bond acceptors (Lipinski definition) is 4. The first-order chi connectivity index (χ1) is 9.96. The van der Waals surface area contributed by atoms with Crippen LogP contribution in [0.25, 0.3) is 0 Å². The molecule has 0 bridgehead atoms. The predicted molar refractivity (Wildman–Crippen MR) is 81.0 cm³/mol. The Labute approximate surface area is 125 Å². The van der Waals surface area contributed by atoms with Gasteiger partial charge in [0.05, 0.1) is 17.9 Å². The summed E-state index contributed by atoms with van der Waals surface area (Å²) in [6.45, 7) is 1.18. The first-order valence-corrected chi connectivity index (χ1v) is 8.98. The molecule has 1 aromatic rings. The van der Waals surface area contributed by atoms with Crippen molar-refractivity contribution in [2.24, 2.45) is 0 Å². The Morgan fingerprint density at radius 1 is 1.29 bits per heavy atom. The number of benzene rings is 1. The molecule has 0 amide bonds. The van der Waals surface area contributed by atoms with Crippen LogP contribution in [0.15, 0.2) is 30.3 Å². The van der Waals surface area contributed by atoms with E-state index in [1.165, 1.54) is 5.56 Å². The van der Waals surface area contributed by atoms with Gasteiger partial charge >= 0.3 is 5.97 Å². The summed E-state index contributed by atoms with van der Waals surface area (Å²) in [5.74, 6) is -0.843. The molecule has 1 N–H and O–H groups in total. The van der Waals surface area contributed by atoms with Gasteiger partial charge in [-0.05, 0) is 24.9 Å². The topological polar surface area (TPSA) is 74.7 Å². The maximum Gasteiger partial charge on any atom is 0.304 e. The zero-order valence-electron chi connectivity index (χ0n) is 11.9. The smallest absolute Gasteiger partial charge is 0.304 e. The summed E-state index contributed by atoms with van der Waals surface area (Å²) < 4.78 is 23.3. The average Bonchev–Trinajstić information content (AvgIpc) is 2.41. The molecule has 0 saturated carbocycles. The van der Waals surface area contributed by atoms with E-state index in [0.29, 0.717) is 6.54 Å². The average molecular weight is 311 g/mol. The number of aliphatic carboxylic acids is 1. The van der Waals surface area contributed by atoms with Crippen LogP contribution in [-0.4, -0.2) is 55.0 Å². The summed E-state index contributed by atoms with van der Waals surface area (Å²) in [7, 11) is -3.09. The molecule has 1 heterocycles. The molecule has 1 saturated heterocycles. The number of carboxylic acid groups (broad SMARTS) is 1. The zero-order chi connectivity index (χ0) is 15.3. The van der Waals surface area contributed by atoms with Gasteiger partial charge in [-0.15, -0.1) is 0 Å². The molecule has 1 unspecified atom stereocenters. The summed E-state index contributed by atoms with van der Waals surface area (Å²) in [5, 5.41) is 8.94. The van der Waals surface area contributed by atoms with Crippen LogP contribution in [0, 0.1) is 0 Å². The van der Waals surface area contributed by atoms with Crippen molar-refractivity contribution in [1.82, 2.24) is 4.90 Å². The maximum absolute atomic E-state index is 11.7. The van der Waals surface area contributed by atoms with Crippen molar-refractivity contribution in [2.75, 3.05) is 24.6 Å². The summed E-state index contributed by atoms with van der Waals surface area (Å²) in [6.07, 6.45) is 1.72. The Kier molecular flexibility index (Phi) is 5.36. The highest BCUT2D eigenvalue weighted by Gasteiger charge is 2.32. The summed E-state index contributed by atoms with van der Waals surface area (Å²) >= 11 is 0. The molecule has 5 nitrogen and oxygen atoms in total. The Bertz CT molecular complexity index is 571. The Hall–Kier alpha value is -1.40. The number of carboxylic acids is 1. The third-order valence-electron chi connectivity index (χ3n) is 3.82. The minimum Gasteiger partial charge on any atom is -0.481 e. The molecule has 1 aliphatic rings. The largest absolute Gasteiger partial charge is 0.481 e. The third kappa shape index (κ3) is 5.13. The highest BCUT2D eigenvalue weighted by molar-refractivity contribution is 7.91. The maximum atomic E-state index is 11.7. The zero-order valence-corrected chi connectivity index (χ0v) is 12.8. The van der Waals surface area contributed by atoms with Crippen LogP contribution in [0.2, 0.25) is 0 Å². The number of aryl methyl sites for hydroxylation is 1. The molecule has 1 aliphatic heterocycles. The highest BCUT2D eigenvalue weighted by atomic mass is 32.2. The van der Waals surface area contributed by atoms with E-state index in [2.05, 4.69) is 12.1 Å². The molecule has 0 aromatic heterocycles. The van der Waals surface area contributed by atoms with Crippen molar-refractivity contribution >= 4 is 15.8 Å². The monoisotopic (exact) mass is 311 g/mol. The van der Waals surface area contributed by atoms with Gasteiger partial charge in [0, 0.05) is 12.6 Å². The van der Waals surface area contributed by atoms with Gasteiger partial charge in [-0.1, -0.05) is 30.3 Å². The number of sulfone groups is 1. The minimum atomic E-state index is -3.09. The molecule has 0 aliphatic carbocycles. The molecule has 2 rings (SSSR count). The molecule has 116 valence electrons. The van der Waals surface area contributed by atoms with E-state index in [4.69, 9.17) is 5.11 Å². The molecule has 1 fully saturated rings. The van der Waals surface area contributed by atoms with Crippen molar-refractivity contribution in [3.63, 3.8) is 0 Å². The normalized spacial score (nSPS) is 22.0. The van der Waals surface area contributed by atoms with Gasteiger partial charge in [0.25, 0.3) is 0 Å². The van der Waals surface area contributed by atoms with Gasteiger partial charge in [-0.25, -0.2) is 8.42 Å². The van der Waals surface area contributed by atoms with E-state index < -0.39 is 21.8 Å². The van der Waals surface area contributed by atoms with E-state index in [0.717, 1.165) is 19.4 Å². The molecule has 0 radical (unpaired) electrons. The van der Waals surface area contributed by atoms with Crippen LogP contribution in [-0.2, 0) is 21.1 Å². The van der Waals surface area contributed by atoms with Crippen LogP contribution < -0.4 is 0 Å². The fourth-order valence-corrected chi connectivity index (χ4v) is 4.33. The van der Waals surface area contributed by atoms with Crippen molar-refractivity contribution in [3.8, 4) is 0 Å². The molecule has 21 heavy (non-hydrogen) atoms. The van der Waals surface area contributed by atoms with Crippen molar-refractivity contribution < 1.29 is 18.3 Å². The fourth-order valence-electron chi connectivity index (χ4n) is 2.74. The van der Waals surface area contributed by atoms with Crippen LogP contribution in [0.5, 0.6) is 0 Å². The van der Waals surface area contributed by atoms with Crippen molar-refractivity contribution in [2.45, 2.75) is 25.3 Å². The molecular weight excluding hydrogens is 290 g/mol. The van der Waals surface area contributed by atoms with E-state index in [1.54, 1.807) is 0 Å². The number of carbonyl (C=O) groups is 1. The second kappa shape index (κ2) is 7.04. The van der Waals surface area contributed by atoms with Crippen LogP contribution >= 0.6 is 0 Å². The lowest BCUT2D eigenvalue weighted by Gasteiger charge is -2.34. The quantitative estimate of drug-likeness (QED) is 0.854. The summed E-state index contributed by atoms with van der Waals surface area (Å²) in [6, 6.07) is 9.70. The van der Waals surface area contributed by atoms with E-state index in [1.807, 2.05) is 23.1 Å². The lowest BCUT2D eigenvalue weighted by Crippen LogP contribution is -2.49. The third-order valence-corrected chi connectivity index (χ3v) is 5.51. The van der Waals surface area contributed by atoms with Crippen molar-refractivity contribution in [1.29, 1.82) is 0 Å². The lowest BCUT2D eigenvalue weighted by molar-refractivity contribution is -0.138. The SMILES string of the molecule is O=C(O)CC1CS(=O)(=O)CCN1CCCc1ccccc1. The van der Waals surface area contributed by atoms with Gasteiger partial charge in [0.15, 0.2) is 9.84 Å². The second-order valence-corrected chi connectivity index (χ2v) is 7.72. The van der Waals surface area contributed by atoms with Gasteiger partial charge in [0.1, 0.15) is 0 Å². The second-order valence-electron chi connectivity index (χ2n) is 5.49. The molecule has 0 spiro atoms. The lowest BCUT2D eigenvalue weighted by atomic mass is 10.1. The first-order valence-electron chi connectivity index (χ1n) is 7.16. The Morgan fingerprint density at radius 2 is 2.00 bits per heavy atom. The summed E-state index contributed by atoms with van der Waals surface area (Å²) in [5.41, 5.74) is 1.25. The van der Waals surface area contributed by atoms with Gasteiger partial charge < -0.3 is 5.11 Å². The Balaban J connectivity index is 1.89. The minimum absolute atomic E-state index is 0.0371. The predicted octanol–water partition coefficient (Wildman–Crippen LogP) is 1.19. The van der Waals surface area contributed by atoms with Gasteiger partial charge in [-0.3, -0.25) is 9.69 Å². The first kappa shape index (κ1) is 16.0. The molecule has 1 aromatic carbocycles. The molecule has 6 heteroatoms. The number of nitrogens with zero attached hydrogens (tertiary/aromatic N) is 1. The standard InChI is InChI=1S/C15H21NO4S/c17-15(18)11-14-12-21(19,20)10-9-16(14)8-4-7-13-5-2-1-3-6-13/h1-3,5-6,14H,4,7-12H2,(H,17,18). The highest BCUT2D eigenvalue weighted by Crippen LogP contribution is 2.16. The summed E-state index contributed by atoms with van der Waals surface area (Å²) in [4.78, 5) is 12.9. The van der Waals surface area contributed by atoms with Crippen LogP contribution in [0.3, 0.4) is 0 Å². The Morgan fingerprint density at radius 3 is 2.67 bits per heavy atom. The van der Waals surface area contributed by atoms with E-state index in [9.17, 15) is 13.2 Å². The number of hydrogen-bond donors (Lipinski definition) is 1. The van der Waals surface area contributed by atoms with Crippen LogP contribution in [0.1, 0.15) is 18.4 Å². The fraction of sp³-hybridized carbons (Fsp3) is 0.533. The van der Waals surface area contributed by atoms with Gasteiger partial charge in [0.2, 0.25) is 0 Å². The van der Waals surface area contributed by atoms with Crippen molar-refractivity contribution in [3.05, 3.63) is 35.9 Å². The van der Waals surface area contributed by atoms with Crippen LogP contribution in [0.4, 0.5) is 0 Å². The molecule has 1 atom stereocenters. The van der Waals surface area contributed by atoms with E-state index in [-0.39, 0.29) is 17.9 Å². The molecular formula is C15H21NO4S. The number of rotatable bonds is 6. The van der Waals surface area contributed by atoms with E-state index >= 15 is 0 Å². The van der Waals surface area contributed by atoms with Gasteiger partial charge in [-0.2, -0.15) is 0 Å².